The third kappa shape index (κ3) is 2.98. The summed E-state index contributed by atoms with van der Waals surface area (Å²) in [4.78, 5) is 32.9. The van der Waals surface area contributed by atoms with Crippen LogP contribution in [-0.4, -0.2) is 43.1 Å². The van der Waals surface area contributed by atoms with Crippen molar-refractivity contribution in [3.63, 3.8) is 0 Å². The predicted molar refractivity (Wildman–Crippen MR) is 95.0 cm³/mol. The second-order valence-electron chi connectivity index (χ2n) is 6.53. The van der Waals surface area contributed by atoms with Gasteiger partial charge in [-0.15, -0.1) is 0 Å². The highest BCUT2D eigenvalue weighted by Gasteiger charge is 2.59. The number of amides is 2. The Labute approximate surface area is 156 Å². The predicted octanol–water partition coefficient (Wildman–Crippen LogP) is 2.32. The molecule has 2 aromatic carbocycles. The lowest BCUT2D eigenvalue weighted by molar-refractivity contribution is -0.143. The number of hydroxylamine groups is 1. The van der Waals surface area contributed by atoms with Gasteiger partial charge in [0, 0.05) is 7.11 Å². The summed E-state index contributed by atoms with van der Waals surface area (Å²) in [5.41, 5.74) is 1.44. The highest BCUT2D eigenvalue weighted by Crippen LogP contribution is 2.46. The van der Waals surface area contributed by atoms with Gasteiger partial charge in [0.05, 0.1) is 24.9 Å². The van der Waals surface area contributed by atoms with Crippen molar-refractivity contribution in [2.45, 2.75) is 12.1 Å². The summed E-state index contributed by atoms with van der Waals surface area (Å²) in [6, 6.07) is 14.7. The average molecular weight is 370 g/mol. The molecule has 2 saturated heterocycles. The van der Waals surface area contributed by atoms with E-state index < -0.39 is 18.1 Å². The van der Waals surface area contributed by atoms with E-state index in [1.807, 2.05) is 30.3 Å². The van der Waals surface area contributed by atoms with Crippen molar-refractivity contribution in [1.29, 1.82) is 0 Å². The molecule has 2 aliphatic rings. The topological polar surface area (TPSA) is 59.1 Å². The van der Waals surface area contributed by atoms with Crippen LogP contribution in [0.5, 0.6) is 0 Å². The number of benzene rings is 2. The molecule has 27 heavy (non-hydrogen) atoms. The van der Waals surface area contributed by atoms with Crippen LogP contribution in [0.2, 0.25) is 0 Å². The Kier molecular flexibility index (Phi) is 4.63. The zero-order chi connectivity index (χ0) is 19.0. The zero-order valence-corrected chi connectivity index (χ0v) is 14.7. The Morgan fingerprint density at radius 2 is 1.74 bits per heavy atom. The molecule has 0 N–H and O–H groups in total. The van der Waals surface area contributed by atoms with Crippen LogP contribution in [0.4, 0.5) is 10.1 Å². The smallest absolute Gasteiger partial charge is 0.262 e. The Hall–Kier alpha value is -2.77. The van der Waals surface area contributed by atoms with E-state index in [-0.39, 0.29) is 30.8 Å². The van der Waals surface area contributed by atoms with Crippen LogP contribution in [0, 0.1) is 11.7 Å². The molecule has 2 heterocycles. The molecule has 2 fully saturated rings. The number of halogens is 1. The summed E-state index contributed by atoms with van der Waals surface area (Å²) < 4.78 is 18.4. The maximum Gasteiger partial charge on any atom is 0.262 e. The number of imide groups is 1. The molecule has 2 aliphatic heterocycles. The van der Waals surface area contributed by atoms with Crippen molar-refractivity contribution in [1.82, 2.24) is 4.90 Å². The summed E-state index contributed by atoms with van der Waals surface area (Å²) in [5.74, 6) is -1.72. The number of para-hydroxylation sites is 1. The van der Waals surface area contributed by atoms with E-state index in [1.165, 1.54) is 24.1 Å². The van der Waals surface area contributed by atoms with E-state index in [0.717, 1.165) is 5.69 Å². The molecule has 0 aromatic heterocycles. The number of hydrogen-bond donors (Lipinski definition) is 0. The van der Waals surface area contributed by atoms with Crippen LogP contribution in [0.3, 0.4) is 0 Å². The summed E-state index contributed by atoms with van der Waals surface area (Å²) in [5, 5.41) is 1.59. The van der Waals surface area contributed by atoms with E-state index in [2.05, 4.69) is 0 Å². The molecule has 0 bridgehead atoms. The van der Waals surface area contributed by atoms with Crippen molar-refractivity contribution in [3.05, 3.63) is 66.0 Å². The number of methoxy groups -OCH3 is 1. The largest absolute Gasteiger partial charge is 0.383 e. The molecule has 7 heteroatoms. The lowest BCUT2D eigenvalue weighted by atomic mass is 9.90. The van der Waals surface area contributed by atoms with E-state index in [0.29, 0.717) is 5.56 Å². The molecule has 0 aliphatic carbocycles. The van der Waals surface area contributed by atoms with Gasteiger partial charge in [-0.25, -0.2) is 9.45 Å². The van der Waals surface area contributed by atoms with Crippen LogP contribution in [0.25, 0.3) is 0 Å². The number of carbonyl (C=O) groups is 2. The Morgan fingerprint density at radius 3 is 2.41 bits per heavy atom. The molecule has 0 radical (unpaired) electrons. The molecular formula is C20H19FN2O4. The molecule has 0 unspecified atom stereocenters. The third-order valence-electron chi connectivity index (χ3n) is 4.95. The van der Waals surface area contributed by atoms with E-state index in [1.54, 1.807) is 17.2 Å². The van der Waals surface area contributed by atoms with Crippen LogP contribution in [0.1, 0.15) is 11.6 Å². The molecule has 2 aromatic rings. The van der Waals surface area contributed by atoms with Crippen molar-refractivity contribution in [2.75, 3.05) is 25.3 Å². The van der Waals surface area contributed by atoms with Gasteiger partial charge >= 0.3 is 0 Å². The van der Waals surface area contributed by atoms with Crippen LogP contribution >= 0.6 is 0 Å². The number of ether oxygens (including phenoxy) is 1. The fraction of sp³-hybridized carbons (Fsp3) is 0.300. The lowest BCUT2D eigenvalue weighted by Crippen LogP contribution is -2.39. The molecule has 0 spiro atoms. The van der Waals surface area contributed by atoms with E-state index >= 15 is 0 Å². The van der Waals surface area contributed by atoms with Crippen molar-refractivity contribution in [3.8, 4) is 0 Å². The number of carbonyl (C=O) groups excluding carboxylic acids is 2. The molecule has 4 rings (SSSR count). The van der Waals surface area contributed by atoms with E-state index in [9.17, 15) is 14.0 Å². The highest BCUT2D eigenvalue weighted by atomic mass is 19.1. The van der Waals surface area contributed by atoms with Gasteiger partial charge in [0.15, 0.2) is 6.10 Å². The molecule has 0 saturated carbocycles. The fourth-order valence-corrected chi connectivity index (χ4v) is 3.67. The Morgan fingerprint density at radius 1 is 1.04 bits per heavy atom. The first-order valence-corrected chi connectivity index (χ1v) is 8.72. The number of hydrogen-bond acceptors (Lipinski definition) is 5. The molecule has 140 valence electrons. The third-order valence-corrected chi connectivity index (χ3v) is 4.95. The quantitative estimate of drug-likeness (QED) is 0.756. The standard InChI is InChI=1S/C20H19FN2O4/c1-26-12-11-22-19(24)16-17(13-7-9-14(21)10-8-13)23(27-18(16)20(22)25)15-5-3-2-4-6-15/h2-10,16-18H,11-12H2,1H3/t16-,17-,18-/m1/s1. The molecular weight excluding hydrogens is 351 g/mol. The molecule has 6 nitrogen and oxygen atoms in total. The lowest BCUT2D eigenvalue weighted by Gasteiger charge is -2.28. The summed E-state index contributed by atoms with van der Waals surface area (Å²) >= 11 is 0. The maximum atomic E-state index is 13.4. The number of rotatable bonds is 5. The second kappa shape index (κ2) is 7.09. The van der Waals surface area contributed by atoms with Gasteiger partial charge < -0.3 is 4.74 Å². The van der Waals surface area contributed by atoms with Crippen LogP contribution < -0.4 is 5.06 Å². The van der Waals surface area contributed by atoms with Gasteiger partial charge in [0.1, 0.15) is 11.7 Å². The molecule has 3 atom stereocenters. The average Bonchev–Trinajstić information content (AvgIpc) is 3.19. The zero-order valence-electron chi connectivity index (χ0n) is 14.7. The van der Waals surface area contributed by atoms with Gasteiger partial charge in [0.2, 0.25) is 5.91 Å². The van der Waals surface area contributed by atoms with Gasteiger partial charge in [-0.1, -0.05) is 30.3 Å². The normalized spacial score (nSPS) is 24.6. The minimum absolute atomic E-state index is 0.187. The first-order valence-electron chi connectivity index (χ1n) is 8.72. The van der Waals surface area contributed by atoms with Gasteiger partial charge in [-0.2, -0.15) is 0 Å². The second-order valence-corrected chi connectivity index (χ2v) is 6.53. The fourth-order valence-electron chi connectivity index (χ4n) is 3.67. The Balaban J connectivity index is 1.73. The van der Waals surface area contributed by atoms with Gasteiger partial charge in [0.25, 0.3) is 5.91 Å². The minimum Gasteiger partial charge on any atom is -0.383 e. The first kappa shape index (κ1) is 17.6. The van der Waals surface area contributed by atoms with Crippen molar-refractivity contribution >= 4 is 17.5 Å². The highest BCUT2D eigenvalue weighted by molar-refractivity contribution is 6.07. The van der Waals surface area contributed by atoms with Crippen LogP contribution in [0.15, 0.2) is 54.6 Å². The number of likely N-dealkylation sites (tertiary alicyclic amines) is 1. The van der Waals surface area contributed by atoms with Gasteiger partial charge in [-0.05, 0) is 29.8 Å². The first-order chi connectivity index (χ1) is 13.1. The number of nitrogens with zero attached hydrogens (tertiary/aromatic N) is 2. The monoisotopic (exact) mass is 370 g/mol. The summed E-state index contributed by atoms with van der Waals surface area (Å²) in [6.45, 7) is 0.451. The maximum absolute atomic E-state index is 13.4. The van der Waals surface area contributed by atoms with E-state index in [4.69, 9.17) is 9.57 Å². The SMILES string of the molecule is COCCN1C(=O)[C@@H]2[C@@H](c3ccc(F)cc3)N(c3ccccc3)O[C@H]2C1=O. The number of anilines is 1. The van der Waals surface area contributed by atoms with Crippen molar-refractivity contribution < 1.29 is 23.6 Å². The molecule has 2 amide bonds. The summed E-state index contributed by atoms with van der Waals surface area (Å²) in [6.07, 6.45) is -0.899. The minimum atomic E-state index is -0.899. The number of fused-ring (bicyclic) bond motifs is 1. The van der Waals surface area contributed by atoms with Crippen molar-refractivity contribution in [2.24, 2.45) is 5.92 Å². The Bertz CT molecular complexity index is 843. The summed E-state index contributed by atoms with van der Waals surface area (Å²) in [7, 11) is 1.51. The van der Waals surface area contributed by atoms with Gasteiger partial charge in [-0.3, -0.25) is 19.3 Å². The van der Waals surface area contributed by atoms with Crippen LogP contribution in [-0.2, 0) is 19.2 Å².